The molecule has 1 atom stereocenters. The number of halogens is 6. The number of nitrogens with one attached hydrogen (secondary N) is 2. The van der Waals surface area contributed by atoms with E-state index in [9.17, 15) is 65.0 Å². The molecule has 0 radical (unpaired) electrons. The van der Waals surface area contributed by atoms with Gasteiger partial charge in [0.05, 0.1) is 41.2 Å². The molecule has 39 nitrogen and oxygen atoms in total. The predicted molar refractivity (Wildman–Crippen MR) is 508 cm³/mol. The van der Waals surface area contributed by atoms with Crippen molar-refractivity contribution >= 4 is 143 Å². The molecule has 0 aliphatic carbocycles. The maximum absolute atomic E-state index is 14.5. The van der Waals surface area contributed by atoms with Gasteiger partial charge in [0, 0.05) is 244 Å². The molecular weight excluding hydrogens is 1860 g/mol. The SMILES string of the molecule is CC(=O)c1nc2cc(F)c(N3CCN(C(=O)OC(C)(C)C)CC3)cc2o1.CC(=O)c1nc2cc(F)c(N3CCNCC3)cc2o1.CC(C)(C)OC(=O)N1CCN(c2cc3oc(C=O)nc3cc2F)CC1.CC(C)(C)OC(=O)N1CCN(c2cc3oc(CO)nc3cc2F)CC1.CC(O)c1nc2cc(F)c(N3CCN(C(=O)OC(C)(C)C)CC3)cc2o1.COOCc1nc2cc(F)c(N3CCNCC3)cc2o1. The van der Waals surface area contributed by atoms with Crippen LogP contribution in [0.2, 0.25) is 0 Å². The minimum Gasteiger partial charge on any atom is -0.444 e. The molecule has 4 amide bonds. The molecule has 12 aromatic rings. The van der Waals surface area contributed by atoms with Gasteiger partial charge in [-0.1, -0.05) is 0 Å². The van der Waals surface area contributed by atoms with Crippen molar-refractivity contribution < 1.29 is 125 Å². The fraction of sp³-hybridized carbons (Fsp3) is 0.490. The van der Waals surface area contributed by atoms with Gasteiger partial charge in [0.1, 0.15) is 103 Å². The quantitative estimate of drug-likeness (QED) is 0.0196. The van der Waals surface area contributed by atoms with Crippen molar-refractivity contribution in [3.63, 3.8) is 0 Å². The first-order valence-corrected chi connectivity index (χ1v) is 46.1. The number of carbonyl (C=O) groups excluding carboxylic acids is 7. The summed E-state index contributed by atoms with van der Waals surface area (Å²) in [6, 6.07) is 17.4. The summed E-state index contributed by atoms with van der Waals surface area (Å²) in [5.41, 5.74) is 5.18. The number of aliphatic hydroxyl groups is 2. The van der Waals surface area contributed by atoms with Crippen molar-refractivity contribution in [2.45, 2.75) is 146 Å². The number of aliphatic hydroxyl groups excluding tert-OH is 2. The highest BCUT2D eigenvalue weighted by atomic mass is 19.1. The van der Waals surface area contributed by atoms with Gasteiger partial charge in [-0.2, -0.15) is 0 Å². The van der Waals surface area contributed by atoms with E-state index in [-0.39, 0.29) is 90.2 Å². The topological polar surface area (TPSA) is 428 Å². The van der Waals surface area contributed by atoms with Gasteiger partial charge in [0.15, 0.2) is 40.1 Å². The molecule has 12 heterocycles. The fourth-order valence-corrected chi connectivity index (χ4v) is 15.6. The van der Waals surface area contributed by atoms with E-state index in [2.05, 4.69) is 45.4 Å². The van der Waals surface area contributed by atoms with Crippen LogP contribution >= 0.6 is 0 Å². The Labute approximate surface area is 807 Å². The largest absolute Gasteiger partial charge is 0.444 e. The number of nitrogens with zero attached hydrogens (tertiary/aromatic N) is 16. The molecular formula is C96H118F6N18O21. The van der Waals surface area contributed by atoms with Gasteiger partial charge in [0.2, 0.25) is 35.5 Å². The zero-order chi connectivity index (χ0) is 102. The Morgan fingerprint density at radius 3 is 0.901 bits per heavy atom. The van der Waals surface area contributed by atoms with E-state index >= 15 is 0 Å². The lowest BCUT2D eigenvalue weighted by Gasteiger charge is -2.36. The van der Waals surface area contributed by atoms with Crippen LogP contribution in [0.25, 0.3) is 66.6 Å². The maximum atomic E-state index is 14.5. The Morgan fingerprint density at radius 2 is 0.624 bits per heavy atom. The van der Waals surface area contributed by atoms with Crippen LogP contribution in [-0.4, -0.2) is 289 Å². The number of ketones is 2. The average Bonchev–Trinajstić information content (AvgIpc) is 1.70. The van der Waals surface area contributed by atoms with Crippen LogP contribution in [0.3, 0.4) is 0 Å². The molecule has 760 valence electrons. The molecule has 1 unspecified atom stereocenters. The maximum Gasteiger partial charge on any atom is 0.410 e. The van der Waals surface area contributed by atoms with Crippen LogP contribution in [0.4, 0.5) is 79.6 Å². The Kier molecular flexibility index (Phi) is 33.3. The first-order chi connectivity index (χ1) is 66.7. The molecule has 141 heavy (non-hydrogen) atoms. The van der Waals surface area contributed by atoms with E-state index in [1.807, 2.05) is 112 Å². The van der Waals surface area contributed by atoms with Gasteiger partial charge in [-0.05, 0) is 90.0 Å². The minimum atomic E-state index is -0.855. The Bertz CT molecular complexity index is 6430. The van der Waals surface area contributed by atoms with E-state index in [0.29, 0.717) is 218 Å². The zero-order valence-corrected chi connectivity index (χ0v) is 81.5. The van der Waals surface area contributed by atoms with Crippen LogP contribution in [0.5, 0.6) is 0 Å². The number of anilines is 6. The lowest BCUT2D eigenvalue weighted by Crippen LogP contribution is -2.50. The van der Waals surface area contributed by atoms with Gasteiger partial charge in [-0.3, -0.25) is 14.4 Å². The number of rotatable bonds is 14. The first-order valence-electron chi connectivity index (χ1n) is 46.1. The second-order valence-corrected chi connectivity index (χ2v) is 37.8. The van der Waals surface area contributed by atoms with Gasteiger partial charge in [-0.25, -0.2) is 85.2 Å². The number of ether oxygens (including phenoxy) is 4. The molecule has 6 saturated heterocycles. The number of oxazole rings is 6. The summed E-state index contributed by atoms with van der Waals surface area (Å²) in [5.74, 6) is -2.31. The summed E-state index contributed by atoms with van der Waals surface area (Å²) in [7, 11) is 1.41. The Hall–Kier alpha value is -13.6. The normalized spacial score (nSPS) is 15.9. The van der Waals surface area contributed by atoms with Crippen LogP contribution in [-0.2, 0) is 41.9 Å². The summed E-state index contributed by atoms with van der Waals surface area (Å²) < 4.78 is 140. The second kappa shape index (κ2) is 44.9. The number of benzene rings is 6. The van der Waals surface area contributed by atoms with Gasteiger partial charge in [0.25, 0.3) is 17.7 Å². The summed E-state index contributed by atoms with van der Waals surface area (Å²) in [6.45, 7) is 39.6. The summed E-state index contributed by atoms with van der Waals surface area (Å²) in [6.07, 6.45) is -1.82. The molecule has 6 aliphatic rings. The zero-order valence-electron chi connectivity index (χ0n) is 81.5. The number of fused-ring (bicyclic) bond motifs is 6. The average molecular weight is 1970 g/mol. The molecule has 6 aromatic heterocycles. The van der Waals surface area contributed by atoms with E-state index in [4.69, 9.17) is 55.4 Å². The number of aromatic nitrogens is 6. The van der Waals surface area contributed by atoms with Crippen LogP contribution in [0.15, 0.2) is 99.3 Å². The molecule has 0 bridgehead atoms. The number of hydrogen-bond donors (Lipinski definition) is 4. The van der Waals surface area contributed by atoms with Crippen molar-refractivity contribution in [2.75, 3.05) is 194 Å². The minimum absolute atomic E-state index is 0.0202. The lowest BCUT2D eigenvalue weighted by atomic mass is 10.2. The summed E-state index contributed by atoms with van der Waals surface area (Å²) >= 11 is 0. The van der Waals surface area contributed by atoms with Crippen LogP contribution < -0.4 is 40.0 Å². The molecule has 6 aliphatic heterocycles. The third-order valence-corrected chi connectivity index (χ3v) is 22.4. The number of piperazine rings is 6. The molecule has 18 rings (SSSR count). The molecule has 6 fully saturated rings. The van der Waals surface area contributed by atoms with Crippen molar-refractivity contribution in [1.29, 1.82) is 0 Å². The third kappa shape index (κ3) is 27.5. The number of Topliss-reactive ketones (excluding diaryl/α,β-unsaturated/α-hetero) is 2. The highest BCUT2D eigenvalue weighted by molar-refractivity contribution is 5.94. The molecule has 45 heteroatoms. The first kappa shape index (κ1) is 105. The van der Waals surface area contributed by atoms with E-state index < -0.39 is 51.8 Å². The van der Waals surface area contributed by atoms with E-state index in [0.717, 1.165) is 52.4 Å². The molecule has 6 aromatic carbocycles. The van der Waals surface area contributed by atoms with Crippen LogP contribution in [0.1, 0.15) is 160 Å². The number of amides is 4. The van der Waals surface area contributed by atoms with Gasteiger partial charge in [-0.15, -0.1) is 0 Å². The monoisotopic (exact) mass is 1970 g/mol. The Balaban J connectivity index is 0.000000143. The van der Waals surface area contributed by atoms with E-state index in [1.165, 1.54) is 70.3 Å². The number of carbonyl (C=O) groups is 7. The summed E-state index contributed by atoms with van der Waals surface area (Å²) in [5, 5.41) is 25.1. The van der Waals surface area contributed by atoms with Crippen molar-refractivity contribution in [1.82, 2.24) is 60.1 Å². The number of hydrogen-bond acceptors (Lipinski definition) is 35. The van der Waals surface area contributed by atoms with Crippen molar-refractivity contribution in [3.8, 4) is 0 Å². The van der Waals surface area contributed by atoms with Crippen molar-refractivity contribution in [2.24, 2.45) is 0 Å². The summed E-state index contributed by atoms with van der Waals surface area (Å²) in [4.78, 5) is 133. The van der Waals surface area contributed by atoms with Crippen LogP contribution in [0, 0.1) is 34.9 Å². The van der Waals surface area contributed by atoms with E-state index in [1.54, 1.807) is 49.9 Å². The third-order valence-electron chi connectivity index (χ3n) is 22.4. The lowest BCUT2D eigenvalue weighted by molar-refractivity contribution is -0.285. The molecule has 0 saturated carbocycles. The smallest absolute Gasteiger partial charge is 0.410 e. The highest BCUT2D eigenvalue weighted by Gasteiger charge is 2.35. The highest BCUT2D eigenvalue weighted by Crippen LogP contribution is 2.36. The van der Waals surface area contributed by atoms with Gasteiger partial charge < -0.3 is 115 Å². The second-order valence-electron chi connectivity index (χ2n) is 37.8. The Morgan fingerprint density at radius 1 is 0.369 bits per heavy atom. The molecule has 0 spiro atoms. The number of aldehydes is 1. The molecule has 4 N–H and O–H groups in total. The standard InChI is InChI=1S/C18H24FN3O4.C18H22FN3O4.C17H22FN3O4.C17H20FN3O4.C13H16FN3O3.C13H14FN3O2/c2*1-11(23)16-20-13-9-12(19)14(10-15(13)25-16)21-5-7-22(8-6-21)17(24)26-18(2,3)4;2*1-17(2,3)25-16(23)21-6-4-20(5-7-21)13-9-14-12(8-11(13)18)19-15(10-22)24-14;1-18-19-8-13-16-10-6-9(14)11(7-12(10)20-13)17-4-2-15-3-5-17;1-8(18)13-16-10-6-9(14)11(7-12(10)19-13)17-4-2-15-3-5-17/h9-11,23H,5-8H2,1-4H3;9-10H,5-8H2,1-4H3;8-9,22H,4-7,10H2,1-3H3;8-10H,4-7H2,1-3H3;6-7,15H,2-5,8H2,1H3;6-7,15H,2-5H2,1H3. The fourth-order valence-electron chi connectivity index (χ4n) is 15.6. The van der Waals surface area contributed by atoms with Gasteiger partial charge >= 0.3 is 24.4 Å². The van der Waals surface area contributed by atoms with Crippen molar-refractivity contribution in [3.05, 3.63) is 143 Å². The predicted octanol–water partition coefficient (Wildman–Crippen LogP) is 14.7.